The van der Waals surface area contributed by atoms with Gasteiger partial charge in [-0.1, -0.05) is 18.5 Å². The molecule has 6 N–H and O–H groups in total. The maximum absolute atomic E-state index is 13.6. The van der Waals surface area contributed by atoms with Gasteiger partial charge < -0.3 is 45.9 Å². The van der Waals surface area contributed by atoms with Crippen molar-refractivity contribution in [1.82, 2.24) is 34.6 Å². The minimum atomic E-state index is -1.30. The number of hydrogen-bond donors (Lipinski definition) is 4. The lowest BCUT2D eigenvalue weighted by molar-refractivity contribution is -0.176. The fourth-order valence-corrected chi connectivity index (χ4v) is 7.23. The van der Waals surface area contributed by atoms with Crippen LogP contribution in [0.3, 0.4) is 0 Å². The second-order valence-electron chi connectivity index (χ2n) is 12.2. The molecule has 0 spiro atoms. The van der Waals surface area contributed by atoms with E-state index < -0.39 is 72.3 Å². The third-order valence-corrected chi connectivity index (χ3v) is 10.0. The molecule has 2 fully saturated rings. The van der Waals surface area contributed by atoms with Crippen molar-refractivity contribution in [3.63, 3.8) is 0 Å². The number of halogens is 1. The third-order valence-electron chi connectivity index (χ3n) is 8.88. The first kappa shape index (κ1) is 37.4. The van der Waals surface area contributed by atoms with Gasteiger partial charge in [0.05, 0.1) is 40.1 Å². The summed E-state index contributed by atoms with van der Waals surface area (Å²) in [5, 5.41) is 5.93. The van der Waals surface area contributed by atoms with Crippen molar-refractivity contribution in [2.24, 2.45) is 22.8 Å². The zero-order chi connectivity index (χ0) is 37.0. The van der Waals surface area contributed by atoms with Crippen molar-refractivity contribution in [2.45, 2.75) is 38.0 Å². The number of nitrogens with two attached hydrogens (primary N) is 2. The van der Waals surface area contributed by atoms with Gasteiger partial charge in [0.15, 0.2) is 29.2 Å². The van der Waals surface area contributed by atoms with Gasteiger partial charge in [-0.05, 0) is 36.8 Å². The Labute approximate surface area is 302 Å². The Morgan fingerprint density at radius 1 is 1.06 bits per heavy atom. The van der Waals surface area contributed by atoms with Crippen LogP contribution in [0.5, 0.6) is 0 Å². The number of amides is 3. The molecular formula is C32H39ClN10O7S. The summed E-state index contributed by atoms with van der Waals surface area (Å²) in [4.78, 5) is 81.5. The van der Waals surface area contributed by atoms with E-state index in [4.69, 9.17) is 37.5 Å². The lowest BCUT2D eigenvalue weighted by Gasteiger charge is -2.31. The molecule has 0 aromatic carbocycles. The number of rotatable bonds is 13. The fraction of sp³-hybridized carbons (Fsp3) is 0.500. The highest BCUT2D eigenvalue weighted by molar-refractivity contribution is 7.16. The van der Waals surface area contributed by atoms with Crippen LogP contribution in [0.15, 0.2) is 18.5 Å². The van der Waals surface area contributed by atoms with E-state index in [2.05, 4.69) is 32.4 Å². The summed E-state index contributed by atoms with van der Waals surface area (Å²) < 4.78 is 14.2. The molecule has 0 unspecified atom stereocenters. The molecule has 2 saturated carbocycles. The number of hydrogen-bond acceptors (Lipinski definition) is 14. The van der Waals surface area contributed by atoms with Gasteiger partial charge in [0, 0.05) is 33.6 Å². The standard InChI is InChI=1S/C32H39ClN10O7S/c1-5-10-37-29-25-30(40-20(39-29)9-7-17-6-8-19(33)51-17)43(16-38-25)26-18-11-32(18,31(48)36-2)28(50-24(47)15-42(4)22(45)13-35)27(26)49-23(46)14-41(3)21(44)12-34/h6,8,16,18,26-28H,5,10-15,34-35H2,1-4H3,(H,36,48)(H,37,39,40)/t18-,26-,27+,28+,32+/m1/s1. The number of carbonyl (C=O) groups excluding carboxylic acids is 5. The van der Waals surface area contributed by atoms with Crippen LogP contribution >= 0.6 is 22.9 Å². The van der Waals surface area contributed by atoms with Crippen molar-refractivity contribution in [3.05, 3.63) is 33.5 Å². The van der Waals surface area contributed by atoms with E-state index in [9.17, 15) is 24.0 Å². The number of carbonyl (C=O) groups is 5. The number of imidazole rings is 1. The number of thiophene rings is 1. The molecule has 0 radical (unpaired) electrons. The molecule has 3 aromatic heterocycles. The first-order valence-corrected chi connectivity index (χ1v) is 17.3. The SMILES string of the molecule is CCCNc1nc(C#Cc2ccc(Cl)s2)nc2c1ncn2[C@H]1[C@H](OC(=O)CN(C)C(=O)CN)[C@H](OC(=O)CN(C)C(=O)CN)[C@]2(C(=O)NC)C[C@H]12. The van der Waals surface area contributed by atoms with Crippen LogP contribution in [0.1, 0.15) is 36.5 Å². The molecule has 5 atom stereocenters. The van der Waals surface area contributed by atoms with Gasteiger partial charge in [0.25, 0.3) is 0 Å². The van der Waals surface area contributed by atoms with Gasteiger partial charge in [-0.3, -0.25) is 24.0 Å². The number of likely N-dealkylation sites (N-methyl/N-ethyl adjacent to an activating group) is 2. The molecule has 3 aromatic rings. The summed E-state index contributed by atoms with van der Waals surface area (Å²) >= 11 is 7.39. The molecule has 0 saturated heterocycles. The largest absolute Gasteiger partial charge is 0.456 e. The molecule has 272 valence electrons. The molecule has 51 heavy (non-hydrogen) atoms. The van der Waals surface area contributed by atoms with Crippen LogP contribution in [-0.4, -0.2) is 125 Å². The fourth-order valence-electron chi connectivity index (χ4n) is 6.34. The molecule has 0 aliphatic heterocycles. The summed E-state index contributed by atoms with van der Waals surface area (Å²) in [6.45, 7) is 0.991. The minimum absolute atomic E-state index is 0.171. The molecule has 0 bridgehead atoms. The average molecular weight is 743 g/mol. The van der Waals surface area contributed by atoms with Crippen molar-refractivity contribution in [1.29, 1.82) is 0 Å². The van der Waals surface area contributed by atoms with Crippen LogP contribution in [0.25, 0.3) is 11.2 Å². The predicted octanol–water partition coefficient (Wildman–Crippen LogP) is -0.272. The van der Waals surface area contributed by atoms with Crippen LogP contribution in [0.4, 0.5) is 5.82 Å². The highest BCUT2D eigenvalue weighted by Gasteiger charge is 2.78. The highest BCUT2D eigenvalue weighted by atomic mass is 35.5. The van der Waals surface area contributed by atoms with Gasteiger partial charge in [0.2, 0.25) is 23.5 Å². The Hall–Kier alpha value is -4.83. The number of ether oxygens (including phenoxy) is 2. The lowest BCUT2D eigenvalue weighted by atomic mass is 9.97. The Morgan fingerprint density at radius 3 is 2.31 bits per heavy atom. The Kier molecular flexibility index (Phi) is 11.4. The topological polar surface area (TPSA) is 230 Å². The van der Waals surface area contributed by atoms with E-state index in [1.807, 2.05) is 6.92 Å². The van der Waals surface area contributed by atoms with Crippen LogP contribution in [0, 0.1) is 23.2 Å². The number of nitrogens with zero attached hydrogens (tertiary/aromatic N) is 6. The monoisotopic (exact) mass is 742 g/mol. The zero-order valence-corrected chi connectivity index (χ0v) is 30.0. The molecule has 17 nitrogen and oxygen atoms in total. The van der Waals surface area contributed by atoms with E-state index in [1.54, 1.807) is 16.7 Å². The lowest BCUT2D eigenvalue weighted by Crippen LogP contribution is -2.48. The van der Waals surface area contributed by atoms with E-state index in [-0.39, 0.29) is 25.3 Å². The molecule has 2 aliphatic carbocycles. The summed E-state index contributed by atoms with van der Waals surface area (Å²) in [5.74, 6) is 2.99. The number of aromatic nitrogens is 4. The smallest absolute Gasteiger partial charge is 0.326 e. The van der Waals surface area contributed by atoms with Crippen LogP contribution in [0.2, 0.25) is 4.34 Å². The van der Waals surface area contributed by atoms with Gasteiger partial charge in [-0.2, -0.15) is 0 Å². The van der Waals surface area contributed by atoms with Crippen molar-refractivity contribution < 1.29 is 33.4 Å². The summed E-state index contributed by atoms with van der Waals surface area (Å²) in [6.07, 6.45) is 0.0208. The van der Waals surface area contributed by atoms with Crippen molar-refractivity contribution in [3.8, 4) is 11.8 Å². The molecule has 3 heterocycles. The predicted molar refractivity (Wildman–Crippen MR) is 186 cm³/mol. The second-order valence-corrected chi connectivity index (χ2v) is 13.9. The Morgan fingerprint density at radius 2 is 1.73 bits per heavy atom. The number of anilines is 1. The average Bonchev–Trinajstić information content (AvgIpc) is 3.33. The quantitative estimate of drug-likeness (QED) is 0.131. The first-order chi connectivity index (χ1) is 24.4. The minimum Gasteiger partial charge on any atom is -0.456 e. The summed E-state index contributed by atoms with van der Waals surface area (Å²) in [6, 6.07) is 2.70. The molecule has 3 amide bonds. The summed E-state index contributed by atoms with van der Waals surface area (Å²) in [5.41, 5.74) is 10.4. The van der Waals surface area contributed by atoms with Gasteiger partial charge in [-0.25, -0.2) is 15.0 Å². The van der Waals surface area contributed by atoms with Crippen LogP contribution in [-0.2, 0) is 33.4 Å². The number of fused-ring (bicyclic) bond motifs is 2. The van der Waals surface area contributed by atoms with E-state index in [1.165, 1.54) is 38.8 Å². The van der Waals surface area contributed by atoms with E-state index in [0.717, 1.165) is 16.2 Å². The molecule has 19 heteroatoms. The van der Waals surface area contributed by atoms with Crippen LogP contribution < -0.4 is 22.1 Å². The molecule has 2 aliphatic rings. The first-order valence-electron chi connectivity index (χ1n) is 16.1. The maximum Gasteiger partial charge on any atom is 0.326 e. The summed E-state index contributed by atoms with van der Waals surface area (Å²) in [7, 11) is 4.24. The van der Waals surface area contributed by atoms with Crippen molar-refractivity contribution >= 4 is 69.6 Å². The number of nitrogens with one attached hydrogen (secondary N) is 2. The van der Waals surface area contributed by atoms with Crippen molar-refractivity contribution in [2.75, 3.05) is 59.2 Å². The Bertz CT molecular complexity index is 1910. The third kappa shape index (κ3) is 7.61. The van der Waals surface area contributed by atoms with E-state index >= 15 is 0 Å². The highest BCUT2D eigenvalue weighted by Crippen LogP contribution is 2.69. The Balaban J connectivity index is 1.61. The number of esters is 2. The second kappa shape index (κ2) is 15.6. The maximum atomic E-state index is 13.6. The normalized spacial score (nSPS) is 21.5. The van der Waals surface area contributed by atoms with Gasteiger partial charge >= 0.3 is 11.9 Å². The van der Waals surface area contributed by atoms with Gasteiger partial charge in [0.1, 0.15) is 13.1 Å². The van der Waals surface area contributed by atoms with Gasteiger partial charge in [-0.15, -0.1) is 11.3 Å². The zero-order valence-electron chi connectivity index (χ0n) is 28.5. The molecule has 5 rings (SSSR count). The van der Waals surface area contributed by atoms with E-state index in [0.29, 0.717) is 32.7 Å². The molecular weight excluding hydrogens is 704 g/mol.